The standard InChI is InChI=1S/C19H29N3O4S/c1-4-21(5-2)13-8-9-15(3)20-18(23)12-14-22-19(24)16-10-6-7-11-17(16)27(22,25)26/h6-7,10-11,15H,4-5,8-9,12-14H2,1-3H3,(H,20,23)/p+1/t15-/m1/s1. The molecule has 150 valence electrons. The van der Waals surface area contributed by atoms with Crippen molar-refractivity contribution in [3.05, 3.63) is 29.8 Å². The third-order valence-corrected chi connectivity index (χ3v) is 6.87. The van der Waals surface area contributed by atoms with Crippen molar-refractivity contribution >= 4 is 21.8 Å². The van der Waals surface area contributed by atoms with Crippen molar-refractivity contribution in [2.75, 3.05) is 26.2 Å². The van der Waals surface area contributed by atoms with E-state index in [-0.39, 0.29) is 35.4 Å². The predicted molar refractivity (Wildman–Crippen MR) is 103 cm³/mol. The summed E-state index contributed by atoms with van der Waals surface area (Å²) < 4.78 is 25.7. The van der Waals surface area contributed by atoms with Gasteiger partial charge in [-0.25, -0.2) is 12.7 Å². The molecule has 1 atom stereocenters. The van der Waals surface area contributed by atoms with Gasteiger partial charge in [0.25, 0.3) is 15.9 Å². The van der Waals surface area contributed by atoms with Crippen LogP contribution in [0, 0.1) is 0 Å². The van der Waals surface area contributed by atoms with Crippen LogP contribution in [0.15, 0.2) is 29.2 Å². The Balaban J connectivity index is 1.81. The summed E-state index contributed by atoms with van der Waals surface area (Å²) >= 11 is 0. The maximum Gasteiger partial charge on any atom is 0.269 e. The molecule has 0 fully saturated rings. The lowest BCUT2D eigenvalue weighted by molar-refractivity contribution is -0.896. The maximum atomic E-state index is 12.5. The highest BCUT2D eigenvalue weighted by atomic mass is 32.2. The van der Waals surface area contributed by atoms with E-state index in [1.807, 2.05) is 6.92 Å². The molecule has 8 heteroatoms. The van der Waals surface area contributed by atoms with Crippen LogP contribution in [0.1, 0.15) is 50.4 Å². The van der Waals surface area contributed by atoms with Crippen molar-refractivity contribution in [2.24, 2.45) is 0 Å². The summed E-state index contributed by atoms with van der Waals surface area (Å²) in [5, 5.41) is 2.90. The molecule has 1 aliphatic heterocycles. The monoisotopic (exact) mass is 396 g/mol. The number of carbonyl (C=O) groups is 2. The lowest BCUT2D eigenvalue weighted by Crippen LogP contribution is -3.11. The minimum Gasteiger partial charge on any atom is -0.354 e. The Morgan fingerprint density at radius 1 is 1.22 bits per heavy atom. The van der Waals surface area contributed by atoms with Crippen molar-refractivity contribution in [1.29, 1.82) is 0 Å². The number of benzene rings is 1. The molecule has 0 bridgehead atoms. The number of sulfonamides is 1. The van der Waals surface area contributed by atoms with E-state index in [1.54, 1.807) is 12.1 Å². The lowest BCUT2D eigenvalue weighted by atomic mass is 10.1. The summed E-state index contributed by atoms with van der Waals surface area (Å²) in [6.45, 7) is 9.40. The molecule has 7 nitrogen and oxygen atoms in total. The number of rotatable bonds is 10. The van der Waals surface area contributed by atoms with Gasteiger partial charge in [0.2, 0.25) is 5.91 Å². The quantitative estimate of drug-likeness (QED) is 0.600. The second kappa shape index (κ2) is 9.32. The first-order valence-corrected chi connectivity index (χ1v) is 11.0. The van der Waals surface area contributed by atoms with Crippen LogP contribution in [-0.2, 0) is 14.8 Å². The van der Waals surface area contributed by atoms with Crippen LogP contribution in [-0.4, -0.2) is 56.8 Å². The Morgan fingerprint density at radius 3 is 2.52 bits per heavy atom. The van der Waals surface area contributed by atoms with Gasteiger partial charge in [0.05, 0.1) is 25.2 Å². The van der Waals surface area contributed by atoms with Crippen LogP contribution in [0.25, 0.3) is 0 Å². The minimum atomic E-state index is -3.85. The molecule has 0 aliphatic carbocycles. The number of carbonyl (C=O) groups excluding carboxylic acids is 2. The summed E-state index contributed by atoms with van der Waals surface area (Å²) in [5.41, 5.74) is 0.171. The van der Waals surface area contributed by atoms with Crippen molar-refractivity contribution in [1.82, 2.24) is 9.62 Å². The zero-order chi connectivity index (χ0) is 20.0. The molecule has 1 aliphatic rings. The fourth-order valence-electron chi connectivity index (χ4n) is 3.34. The molecule has 2 rings (SSSR count). The van der Waals surface area contributed by atoms with Gasteiger partial charge in [-0.1, -0.05) is 12.1 Å². The number of nitrogens with zero attached hydrogens (tertiary/aromatic N) is 1. The van der Waals surface area contributed by atoms with Crippen molar-refractivity contribution in [3.63, 3.8) is 0 Å². The van der Waals surface area contributed by atoms with E-state index < -0.39 is 15.9 Å². The summed E-state index contributed by atoms with van der Waals surface area (Å²) in [5.74, 6) is -0.801. The number of hydrogen-bond acceptors (Lipinski definition) is 4. The van der Waals surface area contributed by atoms with E-state index in [4.69, 9.17) is 0 Å². The first kappa shape index (κ1) is 21.4. The number of fused-ring (bicyclic) bond motifs is 1. The Kier molecular flexibility index (Phi) is 7.38. The molecule has 0 aromatic heterocycles. The maximum absolute atomic E-state index is 12.5. The average Bonchev–Trinajstić information content (AvgIpc) is 2.83. The molecule has 0 spiro atoms. The van der Waals surface area contributed by atoms with Gasteiger partial charge >= 0.3 is 0 Å². The molecule has 27 heavy (non-hydrogen) atoms. The van der Waals surface area contributed by atoms with Gasteiger partial charge in [0.15, 0.2) is 0 Å². The molecule has 0 radical (unpaired) electrons. The Hall–Kier alpha value is -1.93. The minimum absolute atomic E-state index is 0.0164. The summed E-state index contributed by atoms with van der Waals surface area (Å²) in [4.78, 5) is 26.0. The fourth-order valence-corrected chi connectivity index (χ4v) is 4.91. The van der Waals surface area contributed by atoms with Crippen LogP contribution in [0.3, 0.4) is 0 Å². The average molecular weight is 397 g/mol. The third-order valence-electron chi connectivity index (χ3n) is 5.03. The number of nitrogens with one attached hydrogen (secondary N) is 2. The second-order valence-electron chi connectivity index (χ2n) is 6.95. The van der Waals surface area contributed by atoms with Crippen molar-refractivity contribution in [3.8, 4) is 0 Å². The third kappa shape index (κ3) is 5.07. The first-order valence-electron chi connectivity index (χ1n) is 9.60. The van der Waals surface area contributed by atoms with Crippen LogP contribution < -0.4 is 10.2 Å². The van der Waals surface area contributed by atoms with E-state index in [2.05, 4.69) is 19.2 Å². The smallest absolute Gasteiger partial charge is 0.269 e. The van der Waals surface area contributed by atoms with Crippen LogP contribution in [0.2, 0.25) is 0 Å². The van der Waals surface area contributed by atoms with Gasteiger partial charge in [0, 0.05) is 19.0 Å². The molecule has 0 saturated carbocycles. The van der Waals surface area contributed by atoms with Crippen LogP contribution >= 0.6 is 0 Å². The molecule has 0 unspecified atom stereocenters. The fraction of sp³-hybridized carbons (Fsp3) is 0.579. The number of quaternary nitrogens is 1. The molecular weight excluding hydrogens is 366 g/mol. The van der Waals surface area contributed by atoms with Gasteiger partial charge in [-0.3, -0.25) is 9.59 Å². The Bertz CT molecular complexity index is 775. The summed E-state index contributed by atoms with van der Waals surface area (Å²) in [7, 11) is -3.85. The first-order chi connectivity index (χ1) is 12.8. The lowest BCUT2D eigenvalue weighted by Gasteiger charge is -2.19. The SMILES string of the molecule is CC[NH+](CC)CCC[C@@H](C)NC(=O)CCN1C(=O)c2ccccc2S1(=O)=O. The molecule has 2 amide bonds. The predicted octanol–water partition coefficient (Wildman–Crippen LogP) is 0.431. The highest BCUT2D eigenvalue weighted by Gasteiger charge is 2.40. The van der Waals surface area contributed by atoms with Crippen LogP contribution in [0.5, 0.6) is 0 Å². The number of amides is 2. The molecule has 0 saturated heterocycles. The van der Waals surface area contributed by atoms with E-state index in [0.717, 1.165) is 36.8 Å². The molecular formula is C19H30N3O4S+. The van der Waals surface area contributed by atoms with Gasteiger partial charge in [-0.2, -0.15) is 0 Å². The largest absolute Gasteiger partial charge is 0.354 e. The van der Waals surface area contributed by atoms with E-state index in [1.165, 1.54) is 17.0 Å². The highest BCUT2D eigenvalue weighted by molar-refractivity contribution is 7.90. The summed E-state index contributed by atoms with van der Waals surface area (Å²) in [6.07, 6.45) is 1.86. The highest BCUT2D eigenvalue weighted by Crippen LogP contribution is 2.29. The molecule has 1 aromatic rings. The van der Waals surface area contributed by atoms with Gasteiger partial charge < -0.3 is 10.2 Å². The van der Waals surface area contributed by atoms with Crippen molar-refractivity contribution in [2.45, 2.75) is 51.0 Å². The normalized spacial score (nSPS) is 16.4. The Morgan fingerprint density at radius 2 is 1.89 bits per heavy atom. The van der Waals surface area contributed by atoms with Gasteiger partial charge in [-0.15, -0.1) is 0 Å². The Labute approximate surface area is 161 Å². The van der Waals surface area contributed by atoms with Crippen molar-refractivity contribution < 1.29 is 22.9 Å². The molecule has 2 N–H and O–H groups in total. The van der Waals surface area contributed by atoms with E-state index in [0.29, 0.717) is 0 Å². The van der Waals surface area contributed by atoms with Crippen LogP contribution in [0.4, 0.5) is 0 Å². The molecule has 1 heterocycles. The zero-order valence-electron chi connectivity index (χ0n) is 16.3. The zero-order valence-corrected chi connectivity index (χ0v) is 17.1. The number of hydrogen-bond donors (Lipinski definition) is 2. The van der Waals surface area contributed by atoms with Gasteiger partial charge in [0.1, 0.15) is 4.90 Å². The van der Waals surface area contributed by atoms with Gasteiger partial charge in [-0.05, 0) is 45.7 Å². The molecule has 1 aromatic carbocycles. The topological polar surface area (TPSA) is 88.0 Å². The van der Waals surface area contributed by atoms with E-state index >= 15 is 0 Å². The summed E-state index contributed by atoms with van der Waals surface area (Å²) in [6, 6.07) is 6.15. The van der Waals surface area contributed by atoms with E-state index in [9.17, 15) is 18.0 Å². The second-order valence-corrected chi connectivity index (χ2v) is 8.78.